The topological polar surface area (TPSA) is 32.3 Å². The van der Waals surface area contributed by atoms with Gasteiger partial charge in [-0.15, -0.1) is 0 Å². The summed E-state index contributed by atoms with van der Waals surface area (Å²) < 4.78 is 0. The van der Waals surface area contributed by atoms with E-state index in [1.54, 1.807) is 0 Å². The Morgan fingerprint density at radius 1 is 1.10 bits per heavy atom. The van der Waals surface area contributed by atoms with Crippen molar-refractivity contribution in [3.05, 3.63) is 35.4 Å². The summed E-state index contributed by atoms with van der Waals surface area (Å²) in [4.78, 5) is 14.9. The van der Waals surface area contributed by atoms with E-state index in [0.29, 0.717) is 17.7 Å². The zero-order valence-electron chi connectivity index (χ0n) is 11.8. The van der Waals surface area contributed by atoms with Gasteiger partial charge in [0.25, 0.3) is 0 Å². The van der Waals surface area contributed by atoms with Gasteiger partial charge in [0.2, 0.25) is 5.91 Å². The fourth-order valence-corrected chi connectivity index (χ4v) is 4.20. The smallest absolute Gasteiger partial charge is 0.226 e. The largest absolute Gasteiger partial charge is 0.342 e. The minimum absolute atomic E-state index is 0.219. The molecule has 1 unspecified atom stereocenters. The zero-order chi connectivity index (χ0) is 13.5. The molecule has 1 aromatic rings. The molecule has 2 saturated heterocycles. The first kappa shape index (κ1) is 12.4. The normalized spacial score (nSPS) is 32.0. The van der Waals surface area contributed by atoms with E-state index in [4.69, 9.17) is 0 Å². The number of carbonyl (C=O) groups excluding carboxylic acids is 1. The van der Waals surface area contributed by atoms with Gasteiger partial charge in [0.1, 0.15) is 0 Å². The van der Waals surface area contributed by atoms with Gasteiger partial charge in [-0.2, -0.15) is 0 Å². The number of likely N-dealkylation sites (tertiary alicyclic amines) is 1. The molecule has 3 atom stereocenters. The third kappa shape index (κ3) is 2.05. The lowest BCUT2D eigenvalue weighted by atomic mass is 9.83. The second kappa shape index (κ2) is 4.88. The molecule has 106 valence electrons. The van der Waals surface area contributed by atoms with Crippen molar-refractivity contribution in [1.82, 2.24) is 10.2 Å². The van der Waals surface area contributed by atoms with Crippen molar-refractivity contribution in [2.24, 2.45) is 17.8 Å². The highest BCUT2D eigenvalue weighted by molar-refractivity contribution is 5.80. The van der Waals surface area contributed by atoms with Crippen molar-refractivity contribution >= 4 is 5.91 Å². The Hall–Kier alpha value is -1.35. The Labute approximate surface area is 120 Å². The molecule has 3 aliphatic rings. The van der Waals surface area contributed by atoms with Crippen LogP contribution in [0.5, 0.6) is 0 Å². The van der Waals surface area contributed by atoms with E-state index in [0.717, 1.165) is 45.4 Å². The molecule has 0 bridgehead atoms. The van der Waals surface area contributed by atoms with Gasteiger partial charge >= 0.3 is 0 Å². The average Bonchev–Trinajstić information content (AvgIpc) is 3.07. The molecule has 0 saturated carbocycles. The maximum absolute atomic E-state index is 12.7. The minimum Gasteiger partial charge on any atom is -0.342 e. The van der Waals surface area contributed by atoms with Gasteiger partial charge in [-0.25, -0.2) is 0 Å². The van der Waals surface area contributed by atoms with E-state index < -0.39 is 0 Å². The summed E-state index contributed by atoms with van der Waals surface area (Å²) in [6.45, 7) is 4.16. The minimum atomic E-state index is 0.219. The maximum Gasteiger partial charge on any atom is 0.226 e. The highest BCUT2D eigenvalue weighted by Crippen LogP contribution is 2.31. The first-order chi connectivity index (χ1) is 9.81. The number of nitrogens with one attached hydrogen (secondary N) is 1. The van der Waals surface area contributed by atoms with Crippen molar-refractivity contribution in [2.75, 3.05) is 26.2 Å². The molecule has 1 aliphatic carbocycles. The van der Waals surface area contributed by atoms with Crippen LogP contribution in [0.15, 0.2) is 24.3 Å². The summed E-state index contributed by atoms with van der Waals surface area (Å²) in [7, 11) is 0. The third-order valence-electron chi connectivity index (χ3n) is 5.40. The summed E-state index contributed by atoms with van der Waals surface area (Å²) in [5.41, 5.74) is 2.83. The van der Waals surface area contributed by atoms with Gasteiger partial charge in [-0.05, 0) is 42.2 Å². The number of fused-ring (bicyclic) bond motifs is 2. The van der Waals surface area contributed by atoms with Crippen LogP contribution in [0.4, 0.5) is 0 Å². The zero-order valence-corrected chi connectivity index (χ0v) is 11.8. The molecule has 2 aliphatic heterocycles. The number of rotatable bonds is 1. The first-order valence-corrected chi connectivity index (χ1v) is 7.87. The van der Waals surface area contributed by atoms with E-state index in [2.05, 4.69) is 34.5 Å². The van der Waals surface area contributed by atoms with E-state index in [1.165, 1.54) is 11.1 Å². The molecule has 2 heterocycles. The van der Waals surface area contributed by atoms with Crippen molar-refractivity contribution in [3.63, 3.8) is 0 Å². The molecule has 3 heteroatoms. The predicted molar refractivity (Wildman–Crippen MR) is 78.4 cm³/mol. The van der Waals surface area contributed by atoms with Gasteiger partial charge in [-0.1, -0.05) is 24.3 Å². The fourth-order valence-electron chi connectivity index (χ4n) is 4.20. The Balaban J connectivity index is 1.45. The Morgan fingerprint density at radius 2 is 1.80 bits per heavy atom. The molecule has 1 amide bonds. The number of aryl methyl sites for hydroxylation is 1. The molecule has 20 heavy (non-hydrogen) atoms. The molecule has 2 fully saturated rings. The van der Waals surface area contributed by atoms with Crippen LogP contribution in [0.3, 0.4) is 0 Å². The number of nitrogens with zero attached hydrogens (tertiary/aromatic N) is 1. The molecular formula is C17H22N2O. The summed E-state index contributed by atoms with van der Waals surface area (Å²) in [6.07, 6.45) is 3.04. The first-order valence-electron chi connectivity index (χ1n) is 7.87. The van der Waals surface area contributed by atoms with Crippen molar-refractivity contribution < 1.29 is 4.79 Å². The van der Waals surface area contributed by atoms with Crippen LogP contribution in [-0.4, -0.2) is 37.0 Å². The lowest BCUT2D eigenvalue weighted by molar-refractivity contribution is -0.135. The molecule has 1 N–H and O–H groups in total. The van der Waals surface area contributed by atoms with Crippen LogP contribution in [0, 0.1) is 17.8 Å². The molecule has 0 radical (unpaired) electrons. The summed E-state index contributed by atoms with van der Waals surface area (Å²) >= 11 is 0. The van der Waals surface area contributed by atoms with Crippen molar-refractivity contribution in [2.45, 2.75) is 19.3 Å². The predicted octanol–water partition coefficient (Wildman–Crippen LogP) is 1.47. The highest BCUT2D eigenvalue weighted by atomic mass is 16.2. The summed E-state index contributed by atoms with van der Waals surface area (Å²) in [5.74, 6) is 2.04. The quantitative estimate of drug-likeness (QED) is 0.838. The van der Waals surface area contributed by atoms with E-state index in [1.807, 2.05) is 0 Å². The van der Waals surface area contributed by atoms with E-state index in [-0.39, 0.29) is 5.92 Å². The van der Waals surface area contributed by atoms with Crippen LogP contribution < -0.4 is 5.32 Å². The second-order valence-corrected chi connectivity index (χ2v) is 6.63. The van der Waals surface area contributed by atoms with Crippen molar-refractivity contribution in [3.8, 4) is 0 Å². The van der Waals surface area contributed by atoms with Gasteiger partial charge in [-0.3, -0.25) is 4.79 Å². The SMILES string of the molecule is O=C(C1CCc2ccccc2C1)N1C[C@H]2CNC[C@H]2C1. The van der Waals surface area contributed by atoms with Crippen LogP contribution in [0.2, 0.25) is 0 Å². The number of hydrogen-bond donors (Lipinski definition) is 1. The van der Waals surface area contributed by atoms with Crippen LogP contribution in [-0.2, 0) is 17.6 Å². The summed E-state index contributed by atoms with van der Waals surface area (Å²) in [6, 6.07) is 8.60. The van der Waals surface area contributed by atoms with Gasteiger partial charge < -0.3 is 10.2 Å². The molecule has 4 rings (SSSR count). The lowest BCUT2D eigenvalue weighted by Crippen LogP contribution is -2.38. The molecule has 0 aromatic heterocycles. The van der Waals surface area contributed by atoms with Gasteiger partial charge in [0.05, 0.1) is 0 Å². The molecular weight excluding hydrogens is 248 g/mol. The Morgan fingerprint density at radius 3 is 2.55 bits per heavy atom. The number of benzene rings is 1. The lowest BCUT2D eigenvalue weighted by Gasteiger charge is -2.28. The molecule has 0 spiro atoms. The number of amides is 1. The van der Waals surface area contributed by atoms with Crippen LogP contribution in [0.25, 0.3) is 0 Å². The van der Waals surface area contributed by atoms with Crippen molar-refractivity contribution in [1.29, 1.82) is 0 Å². The Kier molecular flexibility index (Phi) is 3.03. The van der Waals surface area contributed by atoms with Gasteiger partial charge in [0.15, 0.2) is 0 Å². The number of hydrogen-bond acceptors (Lipinski definition) is 2. The molecule has 3 nitrogen and oxygen atoms in total. The maximum atomic E-state index is 12.7. The summed E-state index contributed by atoms with van der Waals surface area (Å²) in [5, 5.41) is 3.44. The fraction of sp³-hybridized carbons (Fsp3) is 0.588. The monoisotopic (exact) mass is 270 g/mol. The standard InChI is InChI=1S/C17H22N2O/c20-17(19-10-15-8-18-9-16(15)11-19)14-6-5-12-3-1-2-4-13(12)7-14/h1-4,14-16,18H,5-11H2/t14?,15-,16+. The third-order valence-corrected chi connectivity index (χ3v) is 5.40. The van der Waals surface area contributed by atoms with Gasteiger partial charge in [0, 0.05) is 32.1 Å². The highest BCUT2D eigenvalue weighted by Gasteiger charge is 2.40. The molecule has 1 aromatic carbocycles. The van der Waals surface area contributed by atoms with E-state index in [9.17, 15) is 4.79 Å². The number of carbonyl (C=O) groups is 1. The Bertz CT molecular complexity index is 515. The average molecular weight is 270 g/mol. The second-order valence-electron chi connectivity index (χ2n) is 6.63. The van der Waals surface area contributed by atoms with Crippen LogP contribution in [0.1, 0.15) is 17.5 Å². The van der Waals surface area contributed by atoms with E-state index >= 15 is 0 Å². The van der Waals surface area contributed by atoms with Crippen LogP contribution >= 0.6 is 0 Å².